The van der Waals surface area contributed by atoms with Crippen molar-refractivity contribution >= 4 is 27.7 Å². The van der Waals surface area contributed by atoms with E-state index >= 15 is 0 Å². The Bertz CT molecular complexity index is 493. The van der Waals surface area contributed by atoms with Crippen molar-refractivity contribution in [1.82, 2.24) is 9.38 Å². The molecule has 1 N–H and O–H groups in total. The van der Waals surface area contributed by atoms with E-state index in [-0.39, 0.29) is 12.2 Å². The van der Waals surface area contributed by atoms with E-state index in [0.717, 1.165) is 11.8 Å². The van der Waals surface area contributed by atoms with Crippen LogP contribution in [0.5, 0.6) is 5.75 Å². The molecule has 0 saturated heterocycles. The summed E-state index contributed by atoms with van der Waals surface area (Å²) < 4.78 is 2.36. The molecule has 0 aromatic carbocycles. The quantitative estimate of drug-likeness (QED) is 0.828. The summed E-state index contributed by atoms with van der Waals surface area (Å²) in [4.78, 5) is 14.5. The molecule has 72 valence electrons. The lowest BCUT2D eigenvalue weighted by Gasteiger charge is -1.97. The fourth-order valence-corrected chi connectivity index (χ4v) is 1.84. The third-order valence-electron chi connectivity index (χ3n) is 1.92. The van der Waals surface area contributed by atoms with Gasteiger partial charge in [0.25, 0.3) is 0 Å². The Balaban J connectivity index is 2.72. The van der Waals surface area contributed by atoms with Crippen LogP contribution in [0.1, 0.15) is 5.82 Å². The van der Waals surface area contributed by atoms with E-state index in [1.54, 1.807) is 16.5 Å². The molecule has 0 aliphatic carbocycles. The average Bonchev–Trinajstić information content (AvgIpc) is 2.44. The van der Waals surface area contributed by atoms with Crippen molar-refractivity contribution in [3.63, 3.8) is 0 Å². The Morgan fingerprint density at radius 3 is 3.07 bits per heavy atom. The minimum absolute atomic E-state index is 0.148. The number of halogens is 1. The predicted molar refractivity (Wildman–Crippen MR) is 54.3 cm³/mol. The van der Waals surface area contributed by atoms with Crippen LogP contribution in [0.15, 0.2) is 22.9 Å². The van der Waals surface area contributed by atoms with E-state index in [2.05, 4.69) is 20.9 Å². The molecule has 2 aromatic heterocycles. The van der Waals surface area contributed by atoms with Crippen LogP contribution in [0.4, 0.5) is 0 Å². The first kappa shape index (κ1) is 9.21. The van der Waals surface area contributed by atoms with Crippen LogP contribution in [0.3, 0.4) is 0 Å². The van der Waals surface area contributed by atoms with Crippen LogP contribution >= 0.6 is 15.9 Å². The minimum Gasteiger partial charge on any atom is -0.506 e. The second-order valence-electron chi connectivity index (χ2n) is 2.83. The van der Waals surface area contributed by atoms with Crippen molar-refractivity contribution in [3.8, 4) is 5.75 Å². The number of rotatable bonds is 2. The van der Waals surface area contributed by atoms with Gasteiger partial charge in [0.15, 0.2) is 0 Å². The average molecular weight is 255 g/mol. The first-order chi connectivity index (χ1) is 6.72. The van der Waals surface area contributed by atoms with Gasteiger partial charge in [-0.3, -0.25) is 4.40 Å². The molecule has 2 aromatic rings. The fraction of sp³-hybridized carbons (Fsp3) is 0.111. The molecule has 4 nitrogen and oxygen atoms in total. The number of hydrogen-bond donors (Lipinski definition) is 1. The molecule has 5 heteroatoms. The van der Waals surface area contributed by atoms with E-state index in [1.807, 2.05) is 0 Å². The van der Waals surface area contributed by atoms with Gasteiger partial charge in [-0.15, -0.1) is 0 Å². The summed E-state index contributed by atoms with van der Waals surface area (Å²) in [6.07, 6.45) is 2.55. The first-order valence-corrected chi connectivity index (χ1v) is 4.81. The highest BCUT2D eigenvalue weighted by Crippen LogP contribution is 2.21. The highest BCUT2D eigenvalue weighted by molar-refractivity contribution is 9.10. The topological polar surface area (TPSA) is 54.6 Å². The molecule has 0 bridgehead atoms. The van der Waals surface area contributed by atoms with Crippen LogP contribution < -0.4 is 0 Å². The summed E-state index contributed by atoms with van der Waals surface area (Å²) in [5, 5.41) is 9.28. The van der Waals surface area contributed by atoms with Gasteiger partial charge in [0.1, 0.15) is 22.5 Å². The van der Waals surface area contributed by atoms with E-state index < -0.39 is 0 Å². The molecule has 0 fully saturated rings. The molecule has 14 heavy (non-hydrogen) atoms. The number of hydrogen-bond acceptors (Lipinski definition) is 3. The van der Waals surface area contributed by atoms with Gasteiger partial charge in [-0.25, -0.2) is 4.98 Å². The zero-order valence-electron chi connectivity index (χ0n) is 7.14. The number of aromatic hydroxyl groups is 1. The molecule has 0 atom stereocenters. The van der Waals surface area contributed by atoms with Gasteiger partial charge >= 0.3 is 0 Å². The van der Waals surface area contributed by atoms with E-state index in [4.69, 9.17) is 0 Å². The maximum absolute atomic E-state index is 10.4. The third-order valence-corrected chi connectivity index (χ3v) is 2.50. The van der Waals surface area contributed by atoms with E-state index in [9.17, 15) is 9.90 Å². The molecular formula is C9H7BrN2O2. The SMILES string of the molecule is O=CCc1nc(Br)c2ccc(O)cn12. The van der Waals surface area contributed by atoms with Gasteiger partial charge in [-0.05, 0) is 28.1 Å². The van der Waals surface area contributed by atoms with Crippen LogP contribution in [0, 0.1) is 0 Å². The molecule has 0 amide bonds. The van der Waals surface area contributed by atoms with Crippen LogP contribution in [0.25, 0.3) is 5.52 Å². The van der Waals surface area contributed by atoms with Crippen molar-refractivity contribution in [3.05, 3.63) is 28.8 Å². The Labute approximate surface area is 88.3 Å². The number of aromatic nitrogens is 2. The van der Waals surface area contributed by atoms with Gasteiger partial charge in [0, 0.05) is 0 Å². The second-order valence-corrected chi connectivity index (χ2v) is 3.58. The zero-order chi connectivity index (χ0) is 10.1. The Hall–Kier alpha value is -1.36. The Morgan fingerprint density at radius 2 is 2.36 bits per heavy atom. The smallest absolute Gasteiger partial charge is 0.132 e. The summed E-state index contributed by atoms with van der Waals surface area (Å²) >= 11 is 3.28. The summed E-state index contributed by atoms with van der Waals surface area (Å²) in [5.41, 5.74) is 0.833. The highest BCUT2D eigenvalue weighted by Gasteiger charge is 2.08. The predicted octanol–water partition coefficient (Wildman–Crippen LogP) is 1.54. The summed E-state index contributed by atoms with van der Waals surface area (Å²) in [5.74, 6) is 0.757. The van der Waals surface area contributed by atoms with Crippen molar-refractivity contribution in [1.29, 1.82) is 0 Å². The molecule has 0 aliphatic heterocycles. The van der Waals surface area contributed by atoms with Crippen molar-refractivity contribution < 1.29 is 9.90 Å². The Morgan fingerprint density at radius 1 is 1.57 bits per heavy atom. The lowest BCUT2D eigenvalue weighted by atomic mass is 10.4. The van der Waals surface area contributed by atoms with E-state index in [0.29, 0.717) is 10.4 Å². The van der Waals surface area contributed by atoms with Crippen LogP contribution in [-0.4, -0.2) is 20.8 Å². The molecule has 0 spiro atoms. The lowest BCUT2D eigenvalue weighted by Crippen LogP contribution is -1.94. The monoisotopic (exact) mass is 254 g/mol. The number of nitrogens with zero attached hydrogens (tertiary/aromatic N) is 2. The highest BCUT2D eigenvalue weighted by atomic mass is 79.9. The zero-order valence-corrected chi connectivity index (χ0v) is 8.73. The maximum Gasteiger partial charge on any atom is 0.132 e. The third kappa shape index (κ3) is 1.39. The molecule has 2 heterocycles. The largest absolute Gasteiger partial charge is 0.506 e. The Kier molecular flexibility index (Phi) is 2.25. The van der Waals surface area contributed by atoms with Gasteiger partial charge in [0.05, 0.1) is 18.1 Å². The first-order valence-electron chi connectivity index (χ1n) is 4.01. The van der Waals surface area contributed by atoms with E-state index in [1.165, 1.54) is 6.20 Å². The molecule has 0 unspecified atom stereocenters. The summed E-state index contributed by atoms with van der Waals surface area (Å²) in [6, 6.07) is 3.31. The fourth-order valence-electron chi connectivity index (χ4n) is 1.31. The molecule has 2 rings (SSSR count). The minimum atomic E-state index is 0.148. The van der Waals surface area contributed by atoms with Gasteiger partial charge in [-0.1, -0.05) is 0 Å². The summed E-state index contributed by atoms with van der Waals surface area (Å²) in [7, 11) is 0. The number of fused-ring (bicyclic) bond motifs is 1. The van der Waals surface area contributed by atoms with Crippen molar-refractivity contribution in [2.24, 2.45) is 0 Å². The van der Waals surface area contributed by atoms with Gasteiger partial charge < -0.3 is 9.90 Å². The number of imidazole rings is 1. The van der Waals surface area contributed by atoms with Crippen molar-refractivity contribution in [2.75, 3.05) is 0 Å². The molecule has 0 radical (unpaired) electrons. The number of aldehydes is 1. The van der Waals surface area contributed by atoms with Crippen molar-refractivity contribution in [2.45, 2.75) is 6.42 Å². The lowest BCUT2D eigenvalue weighted by molar-refractivity contribution is -0.107. The summed E-state index contributed by atoms with van der Waals surface area (Å²) in [6.45, 7) is 0. The maximum atomic E-state index is 10.4. The molecule has 0 saturated carbocycles. The van der Waals surface area contributed by atoms with Crippen LogP contribution in [0.2, 0.25) is 0 Å². The normalized spacial score (nSPS) is 10.6. The molecular weight excluding hydrogens is 248 g/mol. The number of carbonyl (C=O) groups excluding carboxylic acids is 1. The van der Waals surface area contributed by atoms with Gasteiger partial charge in [0.2, 0.25) is 0 Å². The van der Waals surface area contributed by atoms with Gasteiger partial charge in [-0.2, -0.15) is 0 Å². The standard InChI is InChI=1S/C9H7BrN2O2/c10-9-7-2-1-6(14)5-12(7)8(11-9)3-4-13/h1-2,4-5,14H,3H2. The van der Waals surface area contributed by atoms with Crippen LogP contribution in [-0.2, 0) is 11.2 Å². The molecule has 0 aliphatic rings. The second kappa shape index (κ2) is 3.42. The number of carbonyl (C=O) groups is 1. The number of pyridine rings is 1.